The van der Waals surface area contributed by atoms with Crippen LogP contribution in [0.1, 0.15) is 13.8 Å². The Morgan fingerprint density at radius 3 is 2.55 bits per heavy atom. The minimum absolute atomic E-state index is 0.0856. The van der Waals surface area contributed by atoms with Gasteiger partial charge in [0.2, 0.25) is 5.91 Å². The summed E-state index contributed by atoms with van der Waals surface area (Å²) in [6.07, 6.45) is 0. The van der Waals surface area contributed by atoms with Gasteiger partial charge in [0.15, 0.2) is 0 Å². The van der Waals surface area contributed by atoms with Crippen molar-refractivity contribution in [2.75, 3.05) is 18.4 Å². The average Bonchev–Trinajstić information content (AvgIpc) is 2.31. The topological polar surface area (TPSA) is 69.6 Å². The quantitative estimate of drug-likeness (QED) is 0.845. The van der Waals surface area contributed by atoms with Crippen molar-refractivity contribution >= 4 is 29.2 Å². The van der Waals surface area contributed by atoms with Crippen LogP contribution in [0, 0.1) is 5.82 Å². The van der Waals surface area contributed by atoms with Crippen LogP contribution in [-0.2, 0) is 9.59 Å². The number of hydrogen-bond acceptors (Lipinski definition) is 3. The molecule has 110 valence electrons. The van der Waals surface area contributed by atoms with Crippen molar-refractivity contribution in [3.05, 3.63) is 29.0 Å². The smallest absolute Gasteiger partial charge is 0.317 e. The molecule has 0 heterocycles. The van der Waals surface area contributed by atoms with E-state index in [0.29, 0.717) is 0 Å². The maximum absolute atomic E-state index is 12.9. The molecule has 0 saturated heterocycles. The summed E-state index contributed by atoms with van der Waals surface area (Å²) in [7, 11) is 0. The van der Waals surface area contributed by atoms with Crippen molar-refractivity contribution in [3.8, 4) is 0 Å². The standard InChI is InChI=1S/C13H16ClFN2O3/c1-8(2)17(7-13(19)20)6-12(18)16-11-4-3-9(15)5-10(11)14/h3-5,8H,6-7H2,1-2H3,(H,16,18)(H,19,20). The number of carboxylic acids is 1. The molecule has 0 radical (unpaired) electrons. The third kappa shape index (κ3) is 5.14. The van der Waals surface area contributed by atoms with E-state index in [-0.39, 0.29) is 29.8 Å². The molecule has 1 aromatic carbocycles. The average molecular weight is 303 g/mol. The fourth-order valence-electron chi connectivity index (χ4n) is 1.56. The minimum Gasteiger partial charge on any atom is -0.480 e. The van der Waals surface area contributed by atoms with Gasteiger partial charge in [0.25, 0.3) is 0 Å². The van der Waals surface area contributed by atoms with Gasteiger partial charge in [-0.15, -0.1) is 0 Å². The predicted molar refractivity (Wildman–Crippen MR) is 74.4 cm³/mol. The number of rotatable bonds is 6. The zero-order valence-electron chi connectivity index (χ0n) is 11.2. The molecule has 0 atom stereocenters. The van der Waals surface area contributed by atoms with E-state index in [1.165, 1.54) is 17.0 Å². The Bertz CT molecular complexity index is 508. The van der Waals surface area contributed by atoms with Gasteiger partial charge in [0.1, 0.15) is 5.82 Å². The number of carboxylic acid groups (broad SMARTS) is 1. The van der Waals surface area contributed by atoms with E-state index < -0.39 is 17.7 Å². The van der Waals surface area contributed by atoms with Crippen LogP contribution in [0.25, 0.3) is 0 Å². The molecule has 7 heteroatoms. The van der Waals surface area contributed by atoms with E-state index >= 15 is 0 Å². The summed E-state index contributed by atoms with van der Waals surface area (Å²) in [6, 6.07) is 3.53. The van der Waals surface area contributed by atoms with Crippen LogP contribution in [0.2, 0.25) is 5.02 Å². The van der Waals surface area contributed by atoms with E-state index in [1.807, 2.05) is 0 Å². The number of aliphatic carboxylic acids is 1. The van der Waals surface area contributed by atoms with Crippen LogP contribution in [-0.4, -0.2) is 41.0 Å². The Kier molecular flexibility index (Phi) is 5.91. The van der Waals surface area contributed by atoms with Gasteiger partial charge in [-0.1, -0.05) is 11.6 Å². The molecule has 0 bridgehead atoms. The highest BCUT2D eigenvalue weighted by atomic mass is 35.5. The number of amides is 1. The Morgan fingerprint density at radius 2 is 2.05 bits per heavy atom. The summed E-state index contributed by atoms with van der Waals surface area (Å²) in [5.74, 6) is -1.91. The molecule has 0 aliphatic carbocycles. The third-order valence-electron chi connectivity index (χ3n) is 2.62. The summed E-state index contributed by atoms with van der Waals surface area (Å²) in [5, 5.41) is 11.4. The summed E-state index contributed by atoms with van der Waals surface area (Å²) >= 11 is 5.79. The maximum atomic E-state index is 12.9. The first-order valence-corrected chi connectivity index (χ1v) is 6.38. The first-order chi connectivity index (χ1) is 9.29. The molecule has 0 unspecified atom stereocenters. The lowest BCUT2D eigenvalue weighted by atomic mass is 10.3. The van der Waals surface area contributed by atoms with E-state index in [2.05, 4.69) is 5.32 Å². The van der Waals surface area contributed by atoms with Crippen LogP contribution in [0.4, 0.5) is 10.1 Å². The van der Waals surface area contributed by atoms with Crippen molar-refractivity contribution in [2.45, 2.75) is 19.9 Å². The second-order valence-corrected chi connectivity index (χ2v) is 4.97. The van der Waals surface area contributed by atoms with Crippen LogP contribution < -0.4 is 5.32 Å². The highest BCUT2D eigenvalue weighted by Gasteiger charge is 2.17. The van der Waals surface area contributed by atoms with Gasteiger partial charge < -0.3 is 10.4 Å². The largest absolute Gasteiger partial charge is 0.480 e. The number of carbonyl (C=O) groups is 2. The Hall–Kier alpha value is -1.66. The van der Waals surface area contributed by atoms with Gasteiger partial charge in [0.05, 0.1) is 23.8 Å². The van der Waals surface area contributed by atoms with Crippen molar-refractivity contribution in [2.24, 2.45) is 0 Å². The molecule has 0 aliphatic heterocycles. The molecule has 1 rings (SSSR count). The molecule has 0 aliphatic rings. The van der Waals surface area contributed by atoms with Gasteiger partial charge in [-0.25, -0.2) is 4.39 Å². The van der Waals surface area contributed by atoms with Crippen LogP contribution in [0.3, 0.4) is 0 Å². The Labute approximate surface area is 121 Å². The number of halogens is 2. The molecule has 0 aromatic heterocycles. The van der Waals surface area contributed by atoms with Crippen LogP contribution in [0.5, 0.6) is 0 Å². The predicted octanol–water partition coefficient (Wildman–Crippen LogP) is 2.21. The highest BCUT2D eigenvalue weighted by Crippen LogP contribution is 2.22. The van der Waals surface area contributed by atoms with Crippen molar-refractivity contribution in [1.29, 1.82) is 0 Å². The van der Waals surface area contributed by atoms with E-state index in [4.69, 9.17) is 16.7 Å². The van der Waals surface area contributed by atoms with Gasteiger partial charge in [-0.2, -0.15) is 0 Å². The Morgan fingerprint density at radius 1 is 1.40 bits per heavy atom. The summed E-state index contributed by atoms with van der Waals surface area (Å²) < 4.78 is 12.9. The van der Waals surface area contributed by atoms with Gasteiger partial charge in [0, 0.05) is 6.04 Å². The van der Waals surface area contributed by atoms with E-state index in [9.17, 15) is 14.0 Å². The normalized spacial score (nSPS) is 10.9. The second kappa shape index (κ2) is 7.21. The van der Waals surface area contributed by atoms with E-state index in [1.54, 1.807) is 13.8 Å². The lowest BCUT2D eigenvalue weighted by Gasteiger charge is -2.23. The van der Waals surface area contributed by atoms with E-state index in [0.717, 1.165) is 6.07 Å². The van der Waals surface area contributed by atoms with Gasteiger partial charge in [-0.3, -0.25) is 14.5 Å². The summed E-state index contributed by atoms with van der Waals surface area (Å²) in [4.78, 5) is 24.1. The lowest BCUT2D eigenvalue weighted by molar-refractivity contribution is -0.139. The molecule has 1 aromatic rings. The van der Waals surface area contributed by atoms with Gasteiger partial charge >= 0.3 is 5.97 Å². The van der Waals surface area contributed by atoms with Crippen LogP contribution >= 0.6 is 11.6 Å². The third-order valence-corrected chi connectivity index (χ3v) is 2.93. The zero-order valence-corrected chi connectivity index (χ0v) is 11.9. The number of nitrogens with zero attached hydrogens (tertiary/aromatic N) is 1. The van der Waals surface area contributed by atoms with Crippen molar-refractivity contribution in [1.82, 2.24) is 4.90 Å². The first kappa shape index (κ1) is 16.4. The molecule has 2 N–H and O–H groups in total. The monoisotopic (exact) mass is 302 g/mol. The van der Waals surface area contributed by atoms with Crippen LogP contribution in [0.15, 0.2) is 18.2 Å². The highest BCUT2D eigenvalue weighted by molar-refractivity contribution is 6.33. The number of carbonyl (C=O) groups excluding carboxylic acids is 1. The first-order valence-electron chi connectivity index (χ1n) is 6.00. The maximum Gasteiger partial charge on any atom is 0.317 e. The molecule has 0 fully saturated rings. The molecule has 0 saturated carbocycles. The molecular weight excluding hydrogens is 287 g/mol. The number of anilines is 1. The number of nitrogens with one attached hydrogen (secondary N) is 1. The fraction of sp³-hybridized carbons (Fsp3) is 0.385. The summed E-state index contributed by atoms with van der Waals surface area (Å²) in [6.45, 7) is 3.27. The van der Waals surface area contributed by atoms with Gasteiger partial charge in [-0.05, 0) is 32.0 Å². The zero-order chi connectivity index (χ0) is 15.3. The molecule has 5 nitrogen and oxygen atoms in total. The molecule has 20 heavy (non-hydrogen) atoms. The number of benzene rings is 1. The fourth-order valence-corrected chi connectivity index (χ4v) is 1.77. The SMILES string of the molecule is CC(C)N(CC(=O)O)CC(=O)Nc1ccc(F)cc1Cl. The number of hydrogen-bond donors (Lipinski definition) is 2. The summed E-state index contributed by atoms with van der Waals surface area (Å²) in [5.41, 5.74) is 0.289. The second-order valence-electron chi connectivity index (χ2n) is 4.56. The lowest BCUT2D eigenvalue weighted by Crippen LogP contribution is -2.41. The minimum atomic E-state index is -1.01. The molecule has 1 amide bonds. The van der Waals surface area contributed by atoms with Crippen molar-refractivity contribution < 1.29 is 19.1 Å². The molecule has 0 spiro atoms. The Balaban J connectivity index is 2.68. The van der Waals surface area contributed by atoms with Crippen molar-refractivity contribution in [3.63, 3.8) is 0 Å². The molecular formula is C13H16ClFN2O3.